The normalized spacial score (nSPS) is 14.5. The second-order valence-electron chi connectivity index (χ2n) is 7.99. The molecule has 1 N–H and O–H groups in total. The van der Waals surface area contributed by atoms with E-state index in [4.69, 9.17) is 0 Å². The minimum atomic E-state index is -4.77. The largest absolute Gasteiger partial charge is 0.433 e. The minimum Gasteiger partial charge on any atom is -0.332 e. The Morgan fingerprint density at radius 1 is 1.12 bits per heavy atom. The molecule has 0 spiro atoms. The lowest BCUT2D eigenvalue weighted by Crippen LogP contribution is -2.42. The van der Waals surface area contributed by atoms with Gasteiger partial charge >= 0.3 is 6.18 Å². The van der Waals surface area contributed by atoms with Crippen LogP contribution in [0.4, 0.5) is 27.8 Å². The van der Waals surface area contributed by atoms with Crippen molar-refractivity contribution >= 4 is 11.7 Å². The SMILES string of the molecule is Cc1ncc(CN(c2ccc(F)cn2)C(NC(=O)C2CC2)c2cccc(F)c2)c(C(F)(F)F)n1. The number of pyridine rings is 1. The third-order valence-electron chi connectivity index (χ3n) is 5.30. The van der Waals surface area contributed by atoms with Crippen molar-refractivity contribution in [3.05, 3.63) is 83.1 Å². The van der Waals surface area contributed by atoms with Gasteiger partial charge in [-0.05, 0) is 49.6 Å². The summed E-state index contributed by atoms with van der Waals surface area (Å²) in [4.78, 5) is 25.5. The molecule has 1 aromatic carbocycles. The summed E-state index contributed by atoms with van der Waals surface area (Å²) in [7, 11) is 0. The second-order valence-corrected chi connectivity index (χ2v) is 7.99. The van der Waals surface area contributed by atoms with E-state index in [1.165, 1.54) is 42.2 Å². The summed E-state index contributed by atoms with van der Waals surface area (Å²) >= 11 is 0. The van der Waals surface area contributed by atoms with E-state index in [-0.39, 0.29) is 34.6 Å². The quantitative estimate of drug-likeness (QED) is 0.394. The Morgan fingerprint density at radius 3 is 2.50 bits per heavy atom. The number of aromatic nitrogens is 3. The molecule has 1 amide bonds. The number of aryl methyl sites for hydroxylation is 1. The predicted octanol–water partition coefficient (Wildman–Crippen LogP) is 4.71. The smallest absolute Gasteiger partial charge is 0.332 e. The van der Waals surface area contributed by atoms with Gasteiger partial charge in [0.25, 0.3) is 0 Å². The number of amides is 1. The summed E-state index contributed by atoms with van der Waals surface area (Å²) in [5.41, 5.74) is -1.15. The average Bonchev–Trinajstić information content (AvgIpc) is 3.62. The van der Waals surface area contributed by atoms with Gasteiger partial charge < -0.3 is 10.2 Å². The Labute approximate surface area is 191 Å². The highest BCUT2D eigenvalue weighted by Crippen LogP contribution is 2.35. The number of nitrogens with zero attached hydrogens (tertiary/aromatic N) is 4. The minimum absolute atomic E-state index is 0.0637. The molecule has 11 heteroatoms. The molecule has 2 heterocycles. The van der Waals surface area contributed by atoms with Gasteiger partial charge in [0.05, 0.1) is 12.7 Å². The molecule has 4 rings (SSSR count). The monoisotopic (exact) mass is 477 g/mol. The highest BCUT2D eigenvalue weighted by atomic mass is 19.4. The van der Waals surface area contributed by atoms with Crippen LogP contribution in [0.3, 0.4) is 0 Å². The molecule has 1 saturated carbocycles. The van der Waals surface area contributed by atoms with Crippen molar-refractivity contribution in [2.24, 2.45) is 5.92 Å². The molecule has 0 radical (unpaired) electrons. The summed E-state index contributed by atoms with van der Waals surface area (Å²) in [6, 6.07) is 7.70. The van der Waals surface area contributed by atoms with Gasteiger partial charge in [-0.3, -0.25) is 4.79 Å². The molecule has 1 fully saturated rings. The molecule has 2 aromatic heterocycles. The maximum absolute atomic E-state index is 14.1. The number of carbonyl (C=O) groups excluding carboxylic acids is 1. The van der Waals surface area contributed by atoms with Crippen LogP contribution < -0.4 is 10.2 Å². The predicted molar refractivity (Wildman–Crippen MR) is 112 cm³/mol. The van der Waals surface area contributed by atoms with E-state index in [9.17, 15) is 26.7 Å². The van der Waals surface area contributed by atoms with Gasteiger partial charge in [-0.2, -0.15) is 13.2 Å². The Hall–Kier alpha value is -3.63. The number of hydrogen-bond donors (Lipinski definition) is 1. The lowest BCUT2D eigenvalue weighted by Gasteiger charge is -2.34. The number of carbonyl (C=O) groups is 1. The van der Waals surface area contributed by atoms with E-state index in [1.54, 1.807) is 0 Å². The van der Waals surface area contributed by atoms with Crippen molar-refractivity contribution in [3.63, 3.8) is 0 Å². The molecule has 0 aliphatic heterocycles. The van der Waals surface area contributed by atoms with Crippen LogP contribution in [0.2, 0.25) is 0 Å². The first-order valence-corrected chi connectivity index (χ1v) is 10.5. The molecule has 1 aliphatic carbocycles. The third kappa shape index (κ3) is 5.46. The second kappa shape index (κ2) is 9.32. The van der Waals surface area contributed by atoms with E-state index in [1.807, 2.05) is 0 Å². The summed E-state index contributed by atoms with van der Waals surface area (Å²) in [6.07, 6.45) is -2.54. The van der Waals surface area contributed by atoms with Gasteiger partial charge in [0, 0.05) is 17.7 Å². The average molecular weight is 477 g/mol. The van der Waals surface area contributed by atoms with Crippen molar-refractivity contribution in [2.45, 2.75) is 38.7 Å². The number of nitrogens with one attached hydrogen (secondary N) is 1. The van der Waals surface area contributed by atoms with Crippen LogP contribution in [0.15, 0.2) is 48.8 Å². The van der Waals surface area contributed by atoms with Gasteiger partial charge in [0.15, 0.2) is 5.69 Å². The number of anilines is 1. The fourth-order valence-corrected chi connectivity index (χ4v) is 3.50. The van der Waals surface area contributed by atoms with E-state index >= 15 is 0 Å². The Balaban J connectivity index is 1.82. The van der Waals surface area contributed by atoms with Gasteiger partial charge in [0.1, 0.15) is 29.4 Å². The summed E-state index contributed by atoms with van der Waals surface area (Å²) in [6.45, 7) is 0.892. The molecular weight excluding hydrogens is 457 g/mol. The van der Waals surface area contributed by atoms with Crippen molar-refractivity contribution in [1.82, 2.24) is 20.3 Å². The van der Waals surface area contributed by atoms with Crippen LogP contribution in [0.1, 0.15) is 41.7 Å². The van der Waals surface area contributed by atoms with Crippen molar-refractivity contribution < 1.29 is 26.7 Å². The van der Waals surface area contributed by atoms with Crippen LogP contribution in [0, 0.1) is 24.5 Å². The van der Waals surface area contributed by atoms with Gasteiger partial charge in [-0.25, -0.2) is 23.7 Å². The molecule has 0 saturated heterocycles. The van der Waals surface area contributed by atoms with E-state index < -0.39 is 36.2 Å². The zero-order valence-corrected chi connectivity index (χ0v) is 18.0. The van der Waals surface area contributed by atoms with Gasteiger partial charge in [0.2, 0.25) is 5.91 Å². The van der Waals surface area contributed by atoms with Crippen LogP contribution in [0.25, 0.3) is 0 Å². The summed E-state index contributed by atoms with van der Waals surface area (Å²) in [5.74, 6) is -1.79. The third-order valence-corrected chi connectivity index (χ3v) is 5.30. The van der Waals surface area contributed by atoms with Crippen LogP contribution >= 0.6 is 0 Å². The molecule has 1 aliphatic rings. The van der Waals surface area contributed by atoms with E-state index in [2.05, 4.69) is 20.3 Å². The highest BCUT2D eigenvalue weighted by molar-refractivity contribution is 5.81. The van der Waals surface area contributed by atoms with Crippen molar-refractivity contribution in [3.8, 4) is 0 Å². The maximum atomic E-state index is 14.1. The summed E-state index contributed by atoms with van der Waals surface area (Å²) < 4.78 is 68.9. The van der Waals surface area contributed by atoms with Crippen molar-refractivity contribution in [2.75, 3.05) is 4.90 Å². The molecule has 3 aromatic rings. The molecule has 1 atom stereocenters. The van der Waals surface area contributed by atoms with Crippen LogP contribution in [0.5, 0.6) is 0 Å². The molecular formula is C23H20F5N5O. The standard InChI is InChI=1S/C23H20F5N5O/c1-13-29-10-16(20(31-13)23(26,27)28)12-33(19-8-7-18(25)11-30-19)21(32-22(34)14-5-6-14)15-3-2-4-17(24)9-15/h2-4,7-11,14,21H,5-6,12H2,1H3,(H,32,34). The molecule has 0 bridgehead atoms. The highest BCUT2D eigenvalue weighted by Gasteiger charge is 2.38. The lowest BCUT2D eigenvalue weighted by atomic mass is 10.1. The maximum Gasteiger partial charge on any atom is 0.433 e. The van der Waals surface area contributed by atoms with Gasteiger partial charge in [-0.1, -0.05) is 12.1 Å². The topological polar surface area (TPSA) is 71.0 Å². The summed E-state index contributed by atoms with van der Waals surface area (Å²) in [5, 5.41) is 2.79. The Bertz CT molecular complexity index is 1180. The first kappa shape index (κ1) is 23.5. The zero-order valence-electron chi connectivity index (χ0n) is 18.0. The fourth-order valence-electron chi connectivity index (χ4n) is 3.50. The molecule has 6 nitrogen and oxygen atoms in total. The van der Waals surface area contributed by atoms with Crippen LogP contribution in [-0.2, 0) is 17.5 Å². The Morgan fingerprint density at radius 2 is 1.88 bits per heavy atom. The number of rotatable bonds is 7. The molecule has 178 valence electrons. The number of halogens is 5. The fraction of sp³-hybridized carbons (Fsp3) is 0.304. The first-order valence-electron chi connectivity index (χ1n) is 10.5. The zero-order chi connectivity index (χ0) is 24.5. The first-order chi connectivity index (χ1) is 16.1. The lowest BCUT2D eigenvalue weighted by molar-refractivity contribution is -0.142. The molecule has 1 unspecified atom stereocenters. The number of benzene rings is 1. The Kier molecular flexibility index (Phi) is 6.45. The number of hydrogen-bond acceptors (Lipinski definition) is 5. The van der Waals surface area contributed by atoms with E-state index in [0.717, 1.165) is 18.5 Å². The van der Waals surface area contributed by atoms with Gasteiger partial charge in [-0.15, -0.1) is 0 Å². The van der Waals surface area contributed by atoms with E-state index in [0.29, 0.717) is 12.8 Å². The molecule has 34 heavy (non-hydrogen) atoms. The van der Waals surface area contributed by atoms with Crippen LogP contribution in [-0.4, -0.2) is 20.9 Å². The van der Waals surface area contributed by atoms with Crippen molar-refractivity contribution in [1.29, 1.82) is 0 Å². The number of alkyl halides is 3.